The average molecular weight is 282 g/mol. The Kier molecular flexibility index (Phi) is 6.50. The molecule has 2 aliphatic rings. The summed E-state index contributed by atoms with van der Waals surface area (Å²) in [5.74, 6) is 0.313. The number of carbonyl (C=O) groups excluding carboxylic acids is 1. The summed E-state index contributed by atoms with van der Waals surface area (Å²) in [7, 11) is 0. The topological polar surface area (TPSA) is 53.0 Å². The van der Waals surface area contributed by atoms with E-state index >= 15 is 0 Å². The summed E-state index contributed by atoms with van der Waals surface area (Å²) in [6, 6.07) is 0. The molecule has 0 aromatic rings. The Morgan fingerprint density at radius 3 is 2.75 bits per heavy atom. The molecule has 0 bridgehead atoms. The molecule has 1 aliphatic carbocycles. The summed E-state index contributed by atoms with van der Waals surface area (Å²) in [4.78, 5) is 16.7. The van der Waals surface area contributed by atoms with Gasteiger partial charge in [-0.2, -0.15) is 0 Å². The smallest absolute Gasteiger partial charge is 0.226 e. The van der Waals surface area contributed by atoms with Crippen molar-refractivity contribution in [2.45, 2.75) is 19.3 Å². The van der Waals surface area contributed by atoms with Crippen LogP contribution in [0.25, 0.3) is 0 Å². The highest BCUT2D eigenvalue weighted by molar-refractivity contribution is 5.79. The first kappa shape index (κ1) is 15.5. The second-order valence-corrected chi connectivity index (χ2v) is 5.48. The first-order valence-corrected chi connectivity index (χ1v) is 7.66. The fraction of sp³-hybridized carbons (Fsp3) is 0.800. The number of carbonyl (C=O) groups is 1. The van der Waals surface area contributed by atoms with Crippen LogP contribution in [0.3, 0.4) is 0 Å². The summed E-state index contributed by atoms with van der Waals surface area (Å²) < 4.78 is 5.33. The van der Waals surface area contributed by atoms with Crippen LogP contribution in [0, 0.1) is 5.92 Å². The number of rotatable bonds is 6. The number of aliphatic hydroxyl groups is 1. The van der Waals surface area contributed by atoms with Gasteiger partial charge in [0.25, 0.3) is 0 Å². The minimum absolute atomic E-state index is 0.0391. The zero-order chi connectivity index (χ0) is 14.2. The minimum Gasteiger partial charge on any atom is -0.395 e. The zero-order valence-electron chi connectivity index (χ0n) is 12.2. The molecule has 0 saturated carbocycles. The second kappa shape index (κ2) is 8.39. The van der Waals surface area contributed by atoms with Crippen molar-refractivity contribution in [2.24, 2.45) is 5.92 Å². The molecule has 5 nitrogen and oxygen atoms in total. The Morgan fingerprint density at radius 2 is 2.10 bits per heavy atom. The molecule has 0 aromatic heterocycles. The molecule has 1 unspecified atom stereocenters. The van der Waals surface area contributed by atoms with Crippen molar-refractivity contribution >= 4 is 5.91 Å². The van der Waals surface area contributed by atoms with E-state index in [4.69, 9.17) is 4.74 Å². The summed E-state index contributed by atoms with van der Waals surface area (Å²) in [6.07, 6.45) is 7.03. The lowest BCUT2D eigenvalue weighted by Gasteiger charge is -2.31. The van der Waals surface area contributed by atoms with Crippen molar-refractivity contribution < 1.29 is 14.6 Å². The van der Waals surface area contributed by atoms with E-state index in [1.165, 1.54) is 0 Å². The van der Waals surface area contributed by atoms with Gasteiger partial charge in [0.2, 0.25) is 5.91 Å². The van der Waals surface area contributed by atoms with Gasteiger partial charge in [-0.1, -0.05) is 12.2 Å². The van der Waals surface area contributed by atoms with Gasteiger partial charge in [-0.05, 0) is 19.3 Å². The van der Waals surface area contributed by atoms with Crippen LogP contribution >= 0.6 is 0 Å². The van der Waals surface area contributed by atoms with Crippen molar-refractivity contribution in [3.8, 4) is 0 Å². The highest BCUT2D eigenvalue weighted by atomic mass is 16.5. The van der Waals surface area contributed by atoms with E-state index in [0.717, 1.165) is 52.1 Å². The van der Waals surface area contributed by atoms with Crippen LogP contribution in [-0.2, 0) is 9.53 Å². The van der Waals surface area contributed by atoms with E-state index in [-0.39, 0.29) is 18.4 Å². The van der Waals surface area contributed by atoms with Crippen LogP contribution < -0.4 is 0 Å². The van der Waals surface area contributed by atoms with Gasteiger partial charge in [0.15, 0.2) is 0 Å². The van der Waals surface area contributed by atoms with Crippen LogP contribution in [0.2, 0.25) is 0 Å². The number of allylic oxidation sites excluding steroid dienone is 2. The van der Waals surface area contributed by atoms with Gasteiger partial charge in [-0.3, -0.25) is 9.69 Å². The van der Waals surface area contributed by atoms with E-state index in [1.54, 1.807) is 0 Å². The van der Waals surface area contributed by atoms with Crippen molar-refractivity contribution in [1.29, 1.82) is 0 Å². The Morgan fingerprint density at radius 1 is 1.30 bits per heavy atom. The molecule has 5 heteroatoms. The molecule has 20 heavy (non-hydrogen) atoms. The number of hydrogen-bond donors (Lipinski definition) is 1. The fourth-order valence-corrected chi connectivity index (χ4v) is 2.82. The monoisotopic (exact) mass is 282 g/mol. The van der Waals surface area contributed by atoms with Crippen molar-refractivity contribution in [2.75, 3.05) is 52.5 Å². The molecule has 1 saturated heterocycles. The molecule has 2 rings (SSSR count). The molecule has 114 valence electrons. The van der Waals surface area contributed by atoms with Gasteiger partial charge in [-0.15, -0.1) is 0 Å². The third-order valence-corrected chi connectivity index (χ3v) is 4.09. The van der Waals surface area contributed by atoms with Gasteiger partial charge in [0.1, 0.15) is 0 Å². The molecular formula is C15H26N2O3. The lowest BCUT2D eigenvalue weighted by atomic mass is 9.93. The molecule has 0 aromatic carbocycles. The average Bonchev–Trinajstić information content (AvgIpc) is 2.52. The van der Waals surface area contributed by atoms with Gasteiger partial charge in [-0.25, -0.2) is 0 Å². The van der Waals surface area contributed by atoms with Crippen LogP contribution in [0.1, 0.15) is 19.3 Å². The molecule has 1 fully saturated rings. The molecule has 1 aliphatic heterocycles. The van der Waals surface area contributed by atoms with E-state index in [9.17, 15) is 9.90 Å². The van der Waals surface area contributed by atoms with E-state index in [0.29, 0.717) is 13.1 Å². The van der Waals surface area contributed by atoms with Gasteiger partial charge in [0, 0.05) is 38.6 Å². The molecule has 1 amide bonds. The van der Waals surface area contributed by atoms with E-state index in [1.807, 2.05) is 4.90 Å². The Hall–Kier alpha value is -0.910. The molecular weight excluding hydrogens is 256 g/mol. The normalized spacial score (nSPS) is 23.8. The maximum atomic E-state index is 12.5. The highest BCUT2D eigenvalue weighted by Crippen LogP contribution is 2.20. The van der Waals surface area contributed by atoms with Crippen LogP contribution in [-0.4, -0.2) is 73.4 Å². The largest absolute Gasteiger partial charge is 0.395 e. The lowest BCUT2D eigenvalue weighted by Crippen LogP contribution is -2.45. The Labute approximate surface area is 121 Å². The number of nitrogens with zero attached hydrogens (tertiary/aromatic N) is 2. The van der Waals surface area contributed by atoms with Gasteiger partial charge >= 0.3 is 0 Å². The van der Waals surface area contributed by atoms with Gasteiger partial charge in [0.05, 0.1) is 19.8 Å². The standard InChI is InChI=1S/C15H26N2O3/c18-11-8-17(7-6-16-9-12-20-13-10-16)15(19)14-4-2-1-3-5-14/h1-2,14,18H,3-13H2. The quantitative estimate of drug-likeness (QED) is 0.721. The number of morpholine rings is 1. The molecule has 1 atom stereocenters. The maximum absolute atomic E-state index is 12.5. The van der Waals surface area contributed by atoms with E-state index < -0.39 is 0 Å². The van der Waals surface area contributed by atoms with Crippen molar-refractivity contribution in [1.82, 2.24) is 9.80 Å². The lowest BCUT2D eigenvalue weighted by molar-refractivity contribution is -0.136. The Balaban J connectivity index is 1.81. The summed E-state index contributed by atoms with van der Waals surface area (Å²) in [5.41, 5.74) is 0. The molecule has 1 heterocycles. The maximum Gasteiger partial charge on any atom is 0.226 e. The van der Waals surface area contributed by atoms with Crippen molar-refractivity contribution in [3.63, 3.8) is 0 Å². The molecule has 1 N–H and O–H groups in total. The summed E-state index contributed by atoms with van der Waals surface area (Å²) >= 11 is 0. The highest BCUT2D eigenvalue weighted by Gasteiger charge is 2.24. The first-order chi connectivity index (χ1) is 9.81. The minimum atomic E-state index is 0.0391. The number of amides is 1. The van der Waals surface area contributed by atoms with Crippen LogP contribution in [0.15, 0.2) is 12.2 Å². The van der Waals surface area contributed by atoms with Gasteiger partial charge < -0.3 is 14.7 Å². The van der Waals surface area contributed by atoms with E-state index in [2.05, 4.69) is 17.1 Å². The third-order valence-electron chi connectivity index (χ3n) is 4.09. The third kappa shape index (κ3) is 4.58. The molecule has 0 spiro atoms. The SMILES string of the molecule is O=C(C1CC=CCC1)N(CCO)CCN1CCOCC1. The molecule has 0 radical (unpaired) electrons. The van der Waals surface area contributed by atoms with Crippen molar-refractivity contribution in [3.05, 3.63) is 12.2 Å². The fourth-order valence-electron chi connectivity index (χ4n) is 2.82. The first-order valence-electron chi connectivity index (χ1n) is 7.66. The Bertz CT molecular complexity index is 327. The number of aliphatic hydroxyl groups excluding tert-OH is 1. The zero-order valence-corrected chi connectivity index (χ0v) is 12.2. The predicted molar refractivity (Wildman–Crippen MR) is 77.4 cm³/mol. The summed E-state index contributed by atoms with van der Waals surface area (Å²) in [6.45, 7) is 5.50. The van der Waals surface area contributed by atoms with Crippen LogP contribution in [0.4, 0.5) is 0 Å². The van der Waals surface area contributed by atoms with Crippen LogP contribution in [0.5, 0.6) is 0 Å². The second-order valence-electron chi connectivity index (χ2n) is 5.48. The summed E-state index contributed by atoms with van der Waals surface area (Å²) in [5, 5.41) is 9.18. The predicted octanol–water partition coefficient (Wildman–Crippen LogP) is 0.496. The number of ether oxygens (including phenoxy) is 1. The number of hydrogen-bond acceptors (Lipinski definition) is 4.